The number of aromatic carboxylic acids is 1. The van der Waals surface area contributed by atoms with E-state index in [0.717, 1.165) is 5.69 Å². The lowest BCUT2D eigenvalue weighted by molar-refractivity contribution is 0.0697. The third-order valence-electron chi connectivity index (χ3n) is 4.39. The van der Waals surface area contributed by atoms with Crippen molar-refractivity contribution in [1.82, 2.24) is 4.31 Å². The van der Waals surface area contributed by atoms with Crippen molar-refractivity contribution in [2.24, 2.45) is 0 Å². The number of anilines is 1. The molecule has 1 heterocycles. The summed E-state index contributed by atoms with van der Waals surface area (Å²) in [5.41, 5.74) is 1.00. The Morgan fingerprint density at radius 2 is 1.69 bits per heavy atom. The van der Waals surface area contributed by atoms with Crippen molar-refractivity contribution >= 4 is 21.7 Å². The molecule has 0 bridgehead atoms. The van der Waals surface area contributed by atoms with Crippen molar-refractivity contribution in [3.05, 3.63) is 54.1 Å². The van der Waals surface area contributed by atoms with Crippen molar-refractivity contribution in [2.45, 2.75) is 4.90 Å². The Balaban J connectivity index is 1.71. The number of sulfonamides is 1. The molecule has 138 valence electrons. The van der Waals surface area contributed by atoms with Crippen LogP contribution in [-0.4, -0.2) is 57.1 Å². The summed E-state index contributed by atoms with van der Waals surface area (Å²) in [7, 11) is -2.03. The molecule has 2 aromatic rings. The first-order valence-electron chi connectivity index (χ1n) is 8.14. The molecule has 0 saturated carbocycles. The van der Waals surface area contributed by atoms with Crippen LogP contribution in [0.1, 0.15) is 10.4 Å². The Morgan fingerprint density at radius 3 is 2.27 bits per heavy atom. The van der Waals surface area contributed by atoms with Crippen LogP contribution in [0.2, 0.25) is 0 Å². The predicted molar refractivity (Wildman–Crippen MR) is 97.4 cm³/mol. The highest BCUT2D eigenvalue weighted by molar-refractivity contribution is 7.89. The summed E-state index contributed by atoms with van der Waals surface area (Å²) < 4.78 is 32.0. The fourth-order valence-corrected chi connectivity index (χ4v) is 4.34. The monoisotopic (exact) mass is 376 g/mol. The topological polar surface area (TPSA) is 87.2 Å². The van der Waals surface area contributed by atoms with Gasteiger partial charge in [-0.25, -0.2) is 13.2 Å². The average Bonchev–Trinajstić information content (AvgIpc) is 2.68. The maximum absolute atomic E-state index is 12.8. The lowest BCUT2D eigenvalue weighted by Gasteiger charge is -2.35. The van der Waals surface area contributed by atoms with Gasteiger partial charge in [0.05, 0.1) is 17.6 Å². The molecule has 3 rings (SSSR count). The van der Waals surface area contributed by atoms with Crippen molar-refractivity contribution < 1.29 is 23.1 Å². The Bertz CT molecular complexity index is 888. The van der Waals surface area contributed by atoms with Crippen LogP contribution in [0.4, 0.5) is 5.69 Å². The Morgan fingerprint density at radius 1 is 1.04 bits per heavy atom. The highest BCUT2D eigenvalue weighted by Crippen LogP contribution is 2.23. The summed E-state index contributed by atoms with van der Waals surface area (Å²) in [6.45, 7) is 1.67. The molecule has 7 nitrogen and oxygen atoms in total. The first-order valence-corrected chi connectivity index (χ1v) is 9.58. The molecular weight excluding hydrogens is 356 g/mol. The Kier molecular flexibility index (Phi) is 5.15. The lowest BCUT2D eigenvalue weighted by Crippen LogP contribution is -2.48. The van der Waals surface area contributed by atoms with E-state index in [1.165, 1.54) is 29.6 Å². The third-order valence-corrected chi connectivity index (χ3v) is 6.31. The fraction of sp³-hybridized carbons (Fsp3) is 0.278. The van der Waals surface area contributed by atoms with Gasteiger partial charge in [-0.1, -0.05) is 6.07 Å². The SMILES string of the molecule is COc1ccc(S(=O)(=O)N2CCN(c3cccc(C(=O)O)c3)CC2)cc1. The number of piperazine rings is 1. The molecule has 26 heavy (non-hydrogen) atoms. The second-order valence-corrected chi connectivity index (χ2v) is 7.86. The van der Waals surface area contributed by atoms with E-state index in [0.29, 0.717) is 31.9 Å². The van der Waals surface area contributed by atoms with E-state index in [-0.39, 0.29) is 10.5 Å². The molecule has 0 unspecified atom stereocenters. The Labute approximate surface area is 152 Å². The van der Waals surface area contributed by atoms with Crippen LogP contribution in [0.15, 0.2) is 53.4 Å². The van der Waals surface area contributed by atoms with E-state index in [1.807, 2.05) is 11.0 Å². The second kappa shape index (κ2) is 7.35. The number of benzene rings is 2. The van der Waals surface area contributed by atoms with E-state index in [2.05, 4.69) is 0 Å². The number of carbonyl (C=O) groups is 1. The molecule has 0 atom stereocenters. The third kappa shape index (κ3) is 3.66. The largest absolute Gasteiger partial charge is 0.497 e. The molecule has 1 N–H and O–H groups in total. The first-order chi connectivity index (χ1) is 12.4. The van der Waals surface area contributed by atoms with E-state index in [4.69, 9.17) is 9.84 Å². The minimum Gasteiger partial charge on any atom is -0.497 e. The number of ether oxygens (including phenoxy) is 1. The van der Waals surface area contributed by atoms with Gasteiger partial charge >= 0.3 is 5.97 Å². The standard InChI is InChI=1S/C18H20N2O5S/c1-25-16-5-7-17(8-6-16)26(23,24)20-11-9-19(10-12-20)15-4-2-3-14(13-15)18(21)22/h2-8,13H,9-12H2,1H3,(H,21,22). The summed E-state index contributed by atoms with van der Waals surface area (Å²) in [4.78, 5) is 13.3. The zero-order valence-corrected chi connectivity index (χ0v) is 15.1. The number of carboxylic acid groups (broad SMARTS) is 1. The van der Waals surface area contributed by atoms with Crippen molar-refractivity contribution in [3.63, 3.8) is 0 Å². The van der Waals surface area contributed by atoms with E-state index in [9.17, 15) is 13.2 Å². The van der Waals surface area contributed by atoms with Crippen LogP contribution in [0.3, 0.4) is 0 Å². The highest BCUT2D eigenvalue weighted by atomic mass is 32.2. The molecule has 8 heteroatoms. The van der Waals surface area contributed by atoms with E-state index in [1.54, 1.807) is 24.3 Å². The number of hydrogen-bond donors (Lipinski definition) is 1. The minimum absolute atomic E-state index is 0.218. The Hall–Kier alpha value is -2.58. The van der Waals surface area contributed by atoms with E-state index >= 15 is 0 Å². The molecule has 1 saturated heterocycles. The molecular formula is C18H20N2O5S. The van der Waals surface area contributed by atoms with Gasteiger partial charge in [-0.2, -0.15) is 4.31 Å². The van der Waals surface area contributed by atoms with Crippen LogP contribution in [0.5, 0.6) is 5.75 Å². The molecule has 1 aliphatic rings. The summed E-state index contributed by atoms with van der Waals surface area (Å²) >= 11 is 0. The van der Waals surface area contributed by atoms with Crippen LogP contribution >= 0.6 is 0 Å². The van der Waals surface area contributed by atoms with Crippen LogP contribution in [-0.2, 0) is 10.0 Å². The zero-order chi connectivity index (χ0) is 18.7. The molecule has 0 aliphatic carbocycles. The summed E-state index contributed by atoms with van der Waals surface area (Å²) in [5.74, 6) is -0.375. The molecule has 2 aromatic carbocycles. The molecule has 0 aromatic heterocycles. The van der Waals surface area contributed by atoms with Gasteiger partial charge in [-0.15, -0.1) is 0 Å². The van der Waals surface area contributed by atoms with Gasteiger partial charge in [0.15, 0.2) is 0 Å². The van der Waals surface area contributed by atoms with Crippen LogP contribution in [0.25, 0.3) is 0 Å². The van der Waals surface area contributed by atoms with Gasteiger partial charge in [0, 0.05) is 31.9 Å². The minimum atomic E-state index is -3.56. The van der Waals surface area contributed by atoms with E-state index < -0.39 is 16.0 Å². The molecule has 0 radical (unpaired) electrons. The predicted octanol–water partition coefficient (Wildman–Crippen LogP) is 1.90. The summed E-state index contributed by atoms with van der Waals surface area (Å²) in [6, 6.07) is 13.0. The number of rotatable bonds is 5. The summed E-state index contributed by atoms with van der Waals surface area (Å²) in [6.07, 6.45) is 0. The van der Waals surface area contributed by atoms with Gasteiger partial charge < -0.3 is 14.7 Å². The van der Waals surface area contributed by atoms with Crippen molar-refractivity contribution in [1.29, 1.82) is 0 Å². The van der Waals surface area contributed by atoms with Crippen molar-refractivity contribution in [3.8, 4) is 5.75 Å². The average molecular weight is 376 g/mol. The number of carboxylic acids is 1. The highest BCUT2D eigenvalue weighted by Gasteiger charge is 2.28. The maximum Gasteiger partial charge on any atom is 0.335 e. The quantitative estimate of drug-likeness (QED) is 0.858. The zero-order valence-electron chi connectivity index (χ0n) is 14.3. The molecule has 1 fully saturated rings. The second-order valence-electron chi connectivity index (χ2n) is 5.92. The van der Waals surface area contributed by atoms with Crippen molar-refractivity contribution in [2.75, 3.05) is 38.2 Å². The molecule has 0 spiro atoms. The number of methoxy groups -OCH3 is 1. The fourth-order valence-electron chi connectivity index (χ4n) is 2.92. The lowest BCUT2D eigenvalue weighted by atomic mass is 10.2. The van der Waals surface area contributed by atoms with Crippen LogP contribution in [0, 0.1) is 0 Å². The number of hydrogen-bond acceptors (Lipinski definition) is 5. The smallest absolute Gasteiger partial charge is 0.335 e. The molecule has 1 aliphatic heterocycles. The van der Waals surface area contributed by atoms with Gasteiger partial charge in [-0.05, 0) is 42.5 Å². The van der Waals surface area contributed by atoms with Gasteiger partial charge in [-0.3, -0.25) is 0 Å². The normalized spacial score (nSPS) is 15.7. The number of nitrogens with zero attached hydrogens (tertiary/aromatic N) is 2. The van der Waals surface area contributed by atoms with Gasteiger partial charge in [0.25, 0.3) is 0 Å². The van der Waals surface area contributed by atoms with Crippen LogP contribution < -0.4 is 9.64 Å². The maximum atomic E-state index is 12.8. The van der Waals surface area contributed by atoms with Gasteiger partial charge in [0.2, 0.25) is 10.0 Å². The summed E-state index contributed by atoms with van der Waals surface area (Å²) in [5, 5.41) is 9.10. The molecule has 0 amide bonds. The first kappa shape index (κ1) is 18.2. The van der Waals surface area contributed by atoms with Gasteiger partial charge in [0.1, 0.15) is 5.75 Å².